The van der Waals surface area contributed by atoms with Crippen LogP contribution in [0.3, 0.4) is 0 Å². The fourth-order valence-electron chi connectivity index (χ4n) is 2.95. The van der Waals surface area contributed by atoms with E-state index in [0.717, 1.165) is 16.9 Å². The Bertz CT molecular complexity index is 1050. The first kappa shape index (κ1) is 21.4. The van der Waals surface area contributed by atoms with Gasteiger partial charge in [-0.25, -0.2) is 13.1 Å². The van der Waals surface area contributed by atoms with Crippen LogP contribution in [-0.2, 0) is 16.4 Å². The van der Waals surface area contributed by atoms with E-state index >= 15 is 0 Å². The molecule has 1 N–H and O–H groups in total. The maximum Gasteiger partial charge on any atom is 0.241 e. The van der Waals surface area contributed by atoms with Gasteiger partial charge < -0.3 is 9.47 Å². The smallest absolute Gasteiger partial charge is 0.241 e. The van der Waals surface area contributed by atoms with Gasteiger partial charge in [-0.3, -0.25) is 0 Å². The van der Waals surface area contributed by atoms with Gasteiger partial charge in [0.25, 0.3) is 0 Å². The molecule has 152 valence electrons. The third-order valence-corrected chi connectivity index (χ3v) is 6.48. The highest BCUT2D eigenvalue weighted by molar-refractivity contribution is 9.10. The molecule has 3 aromatic rings. The van der Waals surface area contributed by atoms with E-state index in [1.807, 2.05) is 48.5 Å². The van der Waals surface area contributed by atoms with Gasteiger partial charge in [0.2, 0.25) is 10.0 Å². The Hall–Kier alpha value is -2.35. The molecular formula is C22H22BrNO4S. The first-order chi connectivity index (χ1) is 13.9. The first-order valence-corrected chi connectivity index (χ1v) is 11.2. The highest BCUT2D eigenvalue weighted by Gasteiger charge is 2.22. The number of sulfonamides is 1. The van der Waals surface area contributed by atoms with Gasteiger partial charge in [0, 0.05) is 4.47 Å². The molecule has 1 unspecified atom stereocenters. The normalized spacial score (nSPS) is 12.4. The fourth-order valence-corrected chi connectivity index (χ4v) is 4.77. The van der Waals surface area contributed by atoms with Crippen molar-refractivity contribution in [3.05, 3.63) is 88.4 Å². The Morgan fingerprint density at radius 2 is 1.48 bits per heavy atom. The summed E-state index contributed by atoms with van der Waals surface area (Å²) in [6.45, 7) is 0. The lowest BCUT2D eigenvalue weighted by Gasteiger charge is -2.20. The van der Waals surface area contributed by atoms with Crippen LogP contribution in [0.1, 0.15) is 17.2 Å². The Morgan fingerprint density at radius 1 is 0.897 bits per heavy atom. The maximum absolute atomic E-state index is 13.0. The standard InChI is InChI=1S/C22H22BrNO4S/c1-27-19-10-6-16(7-11-19)14-22(17-8-12-20(28-2)13-9-17)24-29(25,26)21-5-3-4-18(23)15-21/h3-13,15,22,24H,14H2,1-2H3. The Kier molecular flexibility index (Phi) is 6.95. The second kappa shape index (κ2) is 9.43. The SMILES string of the molecule is COc1ccc(CC(NS(=O)(=O)c2cccc(Br)c2)c2ccc(OC)cc2)cc1. The summed E-state index contributed by atoms with van der Waals surface area (Å²) in [5.74, 6) is 1.47. The molecule has 0 aliphatic rings. The quantitative estimate of drug-likeness (QED) is 0.511. The Balaban J connectivity index is 1.92. The number of hydrogen-bond donors (Lipinski definition) is 1. The number of halogens is 1. The van der Waals surface area contributed by atoms with E-state index in [-0.39, 0.29) is 4.90 Å². The fraction of sp³-hybridized carbons (Fsp3) is 0.182. The van der Waals surface area contributed by atoms with Crippen LogP contribution in [0, 0.1) is 0 Å². The van der Waals surface area contributed by atoms with Crippen LogP contribution in [-0.4, -0.2) is 22.6 Å². The molecule has 1 atom stereocenters. The van der Waals surface area contributed by atoms with Crippen molar-refractivity contribution < 1.29 is 17.9 Å². The second-order valence-corrected chi connectivity index (χ2v) is 9.09. The van der Waals surface area contributed by atoms with Crippen LogP contribution in [0.5, 0.6) is 11.5 Å². The minimum Gasteiger partial charge on any atom is -0.497 e. The summed E-state index contributed by atoms with van der Waals surface area (Å²) in [4.78, 5) is 0.208. The molecule has 0 saturated carbocycles. The number of benzene rings is 3. The van der Waals surface area contributed by atoms with Crippen molar-refractivity contribution >= 4 is 26.0 Å². The molecule has 3 aromatic carbocycles. The van der Waals surface area contributed by atoms with E-state index in [4.69, 9.17) is 9.47 Å². The van der Waals surface area contributed by atoms with Crippen molar-refractivity contribution in [2.75, 3.05) is 14.2 Å². The number of ether oxygens (including phenoxy) is 2. The second-order valence-electron chi connectivity index (χ2n) is 6.46. The minimum absolute atomic E-state index is 0.208. The van der Waals surface area contributed by atoms with Crippen molar-refractivity contribution in [1.82, 2.24) is 4.72 Å². The van der Waals surface area contributed by atoms with Crippen molar-refractivity contribution in [3.63, 3.8) is 0 Å². The van der Waals surface area contributed by atoms with E-state index in [9.17, 15) is 8.42 Å². The van der Waals surface area contributed by atoms with Crippen molar-refractivity contribution in [1.29, 1.82) is 0 Å². The van der Waals surface area contributed by atoms with Crippen molar-refractivity contribution in [3.8, 4) is 11.5 Å². The summed E-state index contributed by atoms with van der Waals surface area (Å²) in [5.41, 5.74) is 1.84. The van der Waals surface area contributed by atoms with E-state index in [1.165, 1.54) is 0 Å². The summed E-state index contributed by atoms with van der Waals surface area (Å²) in [6, 6.07) is 21.2. The highest BCUT2D eigenvalue weighted by Crippen LogP contribution is 2.25. The lowest BCUT2D eigenvalue weighted by molar-refractivity contribution is 0.414. The molecular weight excluding hydrogens is 454 g/mol. The molecule has 0 saturated heterocycles. The summed E-state index contributed by atoms with van der Waals surface area (Å²) in [5, 5.41) is 0. The van der Waals surface area contributed by atoms with Crippen molar-refractivity contribution in [2.45, 2.75) is 17.4 Å². The molecule has 0 heterocycles. The molecule has 0 bridgehead atoms. The Morgan fingerprint density at radius 3 is 2.03 bits per heavy atom. The molecule has 3 rings (SSSR count). The van der Waals surface area contributed by atoms with Gasteiger partial charge in [-0.2, -0.15) is 0 Å². The largest absolute Gasteiger partial charge is 0.497 e. The number of methoxy groups -OCH3 is 2. The third kappa shape index (κ3) is 5.59. The predicted molar refractivity (Wildman–Crippen MR) is 117 cm³/mol. The molecule has 0 aliphatic heterocycles. The molecule has 29 heavy (non-hydrogen) atoms. The first-order valence-electron chi connectivity index (χ1n) is 8.96. The van der Waals surface area contributed by atoms with Gasteiger partial charge in [-0.1, -0.05) is 46.3 Å². The van der Waals surface area contributed by atoms with Gasteiger partial charge >= 0.3 is 0 Å². The summed E-state index contributed by atoms with van der Waals surface area (Å²) in [6.07, 6.45) is 0.490. The summed E-state index contributed by atoms with van der Waals surface area (Å²) < 4.78 is 40.0. The molecule has 5 nitrogen and oxygen atoms in total. The van der Waals surface area contributed by atoms with E-state index in [1.54, 1.807) is 38.5 Å². The number of rotatable bonds is 8. The van der Waals surface area contributed by atoms with Gasteiger partial charge in [-0.05, 0) is 60.0 Å². The van der Waals surface area contributed by atoms with Gasteiger partial charge in [0.1, 0.15) is 11.5 Å². The summed E-state index contributed by atoms with van der Waals surface area (Å²) >= 11 is 3.33. The molecule has 0 fully saturated rings. The molecule has 0 spiro atoms. The third-order valence-electron chi connectivity index (χ3n) is 4.52. The highest BCUT2D eigenvalue weighted by atomic mass is 79.9. The minimum atomic E-state index is -3.71. The van der Waals surface area contributed by atoms with Crippen LogP contribution >= 0.6 is 15.9 Å². The lowest BCUT2D eigenvalue weighted by Crippen LogP contribution is -2.30. The summed E-state index contributed by atoms with van der Waals surface area (Å²) in [7, 11) is -0.505. The molecule has 0 amide bonds. The van der Waals surface area contributed by atoms with Gasteiger partial charge in [0.05, 0.1) is 25.2 Å². The van der Waals surface area contributed by atoms with Gasteiger partial charge in [-0.15, -0.1) is 0 Å². The zero-order valence-electron chi connectivity index (χ0n) is 16.1. The average molecular weight is 476 g/mol. The zero-order valence-corrected chi connectivity index (χ0v) is 18.5. The number of hydrogen-bond acceptors (Lipinski definition) is 4. The topological polar surface area (TPSA) is 64.6 Å². The van der Waals surface area contributed by atoms with Crippen LogP contribution in [0.15, 0.2) is 82.2 Å². The van der Waals surface area contributed by atoms with Crippen LogP contribution in [0.2, 0.25) is 0 Å². The lowest BCUT2D eigenvalue weighted by atomic mass is 9.99. The van der Waals surface area contributed by atoms with E-state index in [0.29, 0.717) is 16.6 Å². The predicted octanol–water partition coefficient (Wildman–Crippen LogP) is 4.73. The zero-order chi connectivity index (χ0) is 20.9. The van der Waals surface area contributed by atoms with Crippen LogP contribution < -0.4 is 14.2 Å². The molecule has 0 aromatic heterocycles. The monoisotopic (exact) mass is 475 g/mol. The van der Waals surface area contributed by atoms with E-state index in [2.05, 4.69) is 20.7 Å². The van der Waals surface area contributed by atoms with Crippen LogP contribution in [0.25, 0.3) is 0 Å². The molecule has 7 heteroatoms. The molecule has 0 radical (unpaired) electrons. The van der Waals surface area contributed by atoms with E-state index < -0.39 is 16.1 Å². The maximum atomic E-state index is 13.0. The Labute approximate surface area is 179 Å². The number of nitrogens with one attached hydrogen (secondary N) is 1. The average Bonchev–Trinajstić information content (AvgIpc) is 2.74. The van der Waals surface area contributed by atoms with Crippen molar-refractivity contribution in [2.24, 2.45) is 0 Å². The van der Waals surface area contributed by atoms with Crippen LogP contribution in [0.4, 0.5) is 0 Å². The van der Waals surface area contributed by atoms with Gasteiger partial charge in [0.15, 0.2) is 0 Å². The molecule has 0 aliphatic carbocycles.